The number of nitrogens with one attached hydrogen (secondary N) is 4. The number of aromatic amines is 4. The van der Waals surface area contributed by atoms with Crippen molar-refractivity contribution in [3.8, 4) is 136 Å². The minimum Gasteiger partial charge on any atom is -0.337 e. The second-order valence-corrected chi connectivity index (χ2v) is 25.0. The number of nitrogens with zero attached hydrogens (tertiary/aromatic N) is 4. The first-order valence-corrected chi connectivity index (χ1v) is 32.9. The van der Waals surface area contributed by atoms with Crippen LogP contribution < -0.4 is 0 Å². The predicted molar refractivity (Wildman–Crippen MR) is 383 cm³/mol. The lowest BCUT2D eigenvalue weighted by Gasteiger charge is -2.16. The van der Waals surface area contributed by atoms with Crippen LogP contribution in [0.3, 0.4) is 0 Å². The van der Waals surface area contributed by atoms with Crippen LogP contribution in [0, 0.1) is 0 Å². The van der Waals surface area contributed by atoms with Crippen molar-refractivity contribution in [3.05, 3.63) is 324 Å². The summed E-state index contributed by atoms with van der Waals surface area (Å²) >= 11 is 0. The molecule has 23 rings (SSSR count). The van der Waals surface area contributed by atoms with E-state index in [-0.39, 0.29) is 0 Å². The summed E-state index contributed by atoms with van der Waals surface area (Å²) in [4.78, 5) is 37.5. The van der Waals surface area contributed by atoms with Gasteiger partial charge in [0.2, 0.25) is 0 Å². The van der Waals surface area contributed by atoms with Crippen LogP contribution in [0.2, 0.25) is 0 Å². The molecule has 8 nitrogen and oxygen atoms in total. The smallest absolute Gasteiger partial charge is 0.138 e. The summed E-state index contributed by atoms with van der Waals surface area (Å²) < 4.78 is 0. The standard InChI is InChI=1S/C86H66N8/c1-7-19-63(20-8-1)75-76(64-21-9-2-10-22-64)88-83(87-75)71-51-55-31-33-57-37-41-61(45-43-59(71)39-35-55)73(53-57)85-91-79(67-27-15-5-16-28-67)81(93-85)69-47-49-70(50-48-69)82-80(68-29-17-6-18-30-68)92-86(94-82)74-54-58-34-32-56-36-40-60(44-46-62(74)42-38-58)72(52-56)84-89-77(65-23-11-3-12-24-65)78(90-84)66-25-13-4-14-26-66/h1-30,35-42,47-54H,31-34,43-46H2,(H,87,88)(H,89,90)(H,91,93)(H,92,94). The summed E-state index contributed by atoms with van der Waals surface area (Å²) in [7, 11) is 0. The number of rotatable bonds is 12. The molecule has 0 saturated carbocycles. The van der Waals surface area contributed by atoms with Crippen molar-refractivity contribution in [3.63, 3.8) is 0 Å². The van der Waals surface area contributed by atoms with E-state index in [4.69, 9.17) is 19.9 Å². The third kappa shape index (κ3) is 11.0. The van der Waals surface area contributed by atoms with Gasteiger partial charge in [0.25, 0.3) is 0 Å². The molecule has 11 aromatic carbocycles. The van der Waals surface area contributed by atoms with Gasteiger partial charge in [0.1, 0.15) is 23.3 Å². The molecular weight excluding hydrogens is 1150 g/mol. The fourth-order valence-corrected chi connectivity index (χ4v) is 14.1. The molecule has 0 spiro atoms. The maximum absolute atomic E-state index is 5.56. The molecular formula is C86H66N8. The largest absolute Gasteiger partial charge is 0.337 e. The number of aryl methyl sites for hydroxylation is 8. The molecule has 15 aromatic rings. The fourth-order valence-electron chi connectivity index (χ4n) is 14.1. The lowest BCUT2D eigenvalue weighted by atomic mass is 9.90. The van der Waals surface area contributed by atoms with Gasteiger partial charge in [0, 0.05) is 66.8 Å². The Bertz CT molecular complexity index is 4770. The van der Waals surface area contributed by atoms with Crippen molar-refractivity contribution in [2.45, 2.75) is 51.4 Å². The van der Waals surface area contributed by atoms with E-state index in [0.29, 0.717) is 0 Å². The van der Waals surface area contributed by atoms with Crippen molar-refractivity contribution >= 4 is 0 Å². The molecule has 0 fully saturated rings. The first kappa shape index (κ1) is 56.3. The number of imidazole rings is 4. The quantitative estimate of drug-likeness (QED) is 0.0975. The SMILES string of the molecule is c1ccc(-c2nc(-c3cc4ccc3CCc3ccc(cc3-c3nc(-c5ccccc5)c(-c5ccc(-c6[nH]c(-c7cc8ccc7CCc7ccc(cc7-c7nc(-c9ccccc9)c(-c9ccccc9)[nH]7)CC8)nc6-c6ccccc6)cc5)[nH]3)CC4)[nH]c2-c2ccccc2)cc1. The lowest BCUT2D eigenvalue weighted by Crippen LogP contribution is -2.03. The molecule has 0 atom stereocenters. The molecule has 0 saturated heterocycles. The Morgan fingerprint density at radius 3 is 0.617 bits per heavy atom. The average Bonchev–Trinajstić information content (AvgIpc) is 1.64. The van der Waals surface area contributed by atoms with E-state index in [1.54, 1.807) is 0 Å². The fraction of sp³-hybridized carbons (Fsp3) is 0.0930. The predicted octanol–water partition coefficient (Wildman–Crippen LogP) is 20.4. The number of hydrogen-bond acceptors (Lipinski definition) is 4. The molecule has 8 bridgehead atoms. The highest BCUT2D eigenvalue weighted by atomic mass is 15.0. The zero-order valence-corrected chi connectivity index (χ0v) is 52.0. The second kappa shape index (κ2) is 24.5. The Kier molecular flexibility index (Phi) is 14.6. The molecule has 94 heavy (non-hydrogen) atoms. The maximum Gasteiger partial charge on any atom is 0.138 e. The first-order chi connectivity index (χ1) is 46.5. The maximum atomic E-state index is 5.56. The van der Waals surface area contributed by atoms with Gasteiger partial charge in [-0.1, -0.05) is 255 Å². The molecule has 4 heterocycles. The van der Waals surface area contributed by atoms with E-state index >= 15 is 0 Å². The van der Waals surface area contributed by atoms with E-state index < -0.39 is 0 Å². The van der Waals surface area contributed by atoms with Gasteiger partial charge in [0.15, 0.2) is 0 Å². The number of aromatic nitrogens is 8. The topological polar surface area (TPSA) is 115 Å². The van der Waals surface area contributed by atoms with Gasteiger partial charge in [-0.15, -0.1) is 0 Å². The summed E-state index contributed by atoms with van der Waals surface area (Å²) in [5.74, 6) is 3.51. The zero-order chi connectivity index (χ0) is 62.3. The zero-order valence-electron chi connectivity index (χ0n) is 52.0. The van der Waals surface area contributed by atoms with Crippen LogP contribution in [0.25, 0.3) is 136 Å². The van der Waals surface area contributed by atoms with Crippen molar-refractivity contribution in [2.75, 3.05) is 0 Å². The highest BCUT2D eigenvalue weighted by molar-refractivity contribution is 5.87. The van der Waals surface area contributed by atoms with E-state index in [0.717, 1.165) is 187 Å². The van der Waals surface area contributed by atoms with Gasteiger partial charge >= 0.3 is 0 Å². The van der Waals surface area contributed by atoms with Gasteiger partial charge in [0.05, 0.1) is 45.6 Å². The minimum absolute atomic E-state index is 0.819. The number of hydrogen-bond donors (Lipinski definition) is 4. The van der Waals surface area contributed by atoms with Crippen LogP contribution in [-0.4, -0.2) is 39.9 Å². The van der Waals surface area contributed by atoms with Crippen molar-refractivity contribution in [2.24, 2.45) is 0 Å². The third-order valence-corrected chi connectivity index (χ3v) is 19.0. The van der Waals surface area contributed by atoms with E-state index in [1.807, 2.05) is 0 Å². The van der Waals surface area contributed by atoms with Gasteiger partial charge in [-0.05, 0) is 120 Å². The molecule has 8 aliphatic rings. The molecule has 0 aliphatic heterocycles. The van der Waals surface area contributed by atoms with Gasteiger partial charge in [-0.25, -0.2) is 19.9 Å². The van der Waals surface area contributed by atoms with Crippen LogP contribution in [-0.2, 0) is 51.4 Å². The molecule has 8 heteroatoms. The van der Waals surface area contributed by atoms with Gasteiger partial charge in [-0.2, -0.15) is 0 Å². The van der Waals surface area contributed by atoms with E-state index in [2.05, 4.69) is 299 Å². The molecule has 0 unspecified atom stereocenters. The molecule has 0 radical (unpaired) electrons. The second-order valence-electron chi connectivity index (χ2n) is 25.0. The van der Waals surface area contributed by atoms with E-state index in [1.165, 1.54) is 44.5 Å². The third-order valence-electron chi connectivity index (χ3n) is 19.0. The Morgan fingerprint density at radius 2 is 0.394 bits per heavy atom. The average molecular weight is 1210 g/mol. The number of benzene rings is 11. The van der Waals surface area contributed by atoms with Crippen LogP contribution in [0.5, 0.6) is 0 Å². The summed E-state index contributed by atoms with van der Waals surface area (Å²) in [5, 5.41) is 0. The van der Waals surface area contributed by atoms with Crippen LogP contribution >= 0.6 is 0 Å². The number of H-pyrrole nitrogens is 4. The van der Waals surface area contributed by atoms with Crippen LogP contribution in [0.15, 0.2) is 279 Å². The summed E-state index contributed by atoms with van der Waals surface area (Å²) in [6, 6.07) is 100. The van der Waals surface area contributed by atoms with Gasteiger partial charge < -0.3 is 19.9 Å². The normalized spacial score (nSPS) is 12.8. The molecule has 8 aliphatic carbocycles. The van der Waals surface area contributed by atoms with Crippen molar-refractivity contribution in [1.29, 1.82) is 0 Å². The lowest BCUT2D eigenvalue weighted by molar-refractivity contribution is 0.921. The highest BCUT2D eigenvalue weighted by Gasteiger charge is 2.25. The Balaban J connectivity index is 0.698. The van der Waals surface area contributed by atoms with Crippen molar-refractivity contribution in [1.82, 2.24) is 39.9 Å². The van der Waals surface area contributed by atoms with Crippen LogP contribution in [0.4, 0.5) is 0 Å². The molecule has 4 N–H and O–H groups in total. The molecule has 450 valence electrons. The molecule has 0 amide bonds. The Labute approximate surface area is 547 Å². The summed E-state index contributed by atoms with van der Waals surface area (Å²) in [6.07, 6.45) is 6.84. The van der Waals surface area contributed by atoms with Crippen molar-refractivity contribution < 1.29 is 0 Å². The highest BCUT2D eigenvalue weighted by Crippen LogP contribution is 2.42. The minimum atomic E-state index is 0.819. The molecule has 4 aromatic heterocycles. The van der Waals surface area contributed by atoms with Crippen LogP contribution in [0.1, 0.15) is 44.5 Å². The monoisotopic (exact) mass is 1210 g/mol. The van der Waals surface area contributed by atoms with Gasteiger partial charge in [-0.3, -0.25) is 0 Å². The Morgan fingerprint density at radius 1 is 0.191 bits per heavy atom. The summed E-state index contributed by atoms with van der Waals surface area (Å²) in [5.41, 5.74) is 31.1. The van der Waals surface area contributed by atoms with E-state index in [9.17, 15) is 0 Å². The Hall–Kier alpha value is -11.7. The first-order valence-electron chi connectivity index (χ1n) is 32.9. The summed E-state index contributed by atoms with van der Waals surface area (Å²) in [6.45, 7) is 0.